The number of amides is 1. The van der Waals surface area contributed by atoms with Crippen LogP contribution >= 0.6 is 0 Å². The lowest BCUT2D eigenvalue weighted by molar-refractivity contribution is 0.0713. The SMILES string of the molecule is Cc1ccc(C(=O)N2CCC(c3c[nH]c4cccnc34)CC2)cc1. The average Bonchev–Trinajstić information content (AvgIpc) is 3.06. The average molecular weight is 319 g/mol. The third-order valence-electron chi connectivity index (χ3n) is 4.98. The third kappa shape index (κ3) is 2.68. The number of likely N-dealkylation sites (tertiary alicyclic amines) is 1. The number of fused-ring (bicyclic) bond motifs is 1. The van der Waals surface area contributed by atoms with E-state index in [4.69, 9.17) is 0 Å². The highest BCUT2D eigenvalue weighted by molar-refractivity contribution is 5.94. The van der Waals surface area contributed by atoms with Gasteiger partial charge in [-0.25, -0.2) is 0 Å². The highest BCUT2D eigenvalue weighted by Crippen LogP contribution is 2.32. The Kier molecular flexibility index (Phi) is 3.81. The molecule has 1 amide bonds. The highest BCUT2D eigenvalue weighted by atomic mass is 16.2. The molecular formula is C20H21N3O. The van der Waals surface area contributed by atoms with E-state index in [2.05, 4.69) is 22.2 Å². The van der Waals surface area contributed by atoms with E-state index in [-0.39, 0.29) is 5.91 Å². The minimum absolute atomic E-state index is 0.144. The third-order valence-corrected chi connectivity index (χ3v) is 4.98. The molecule has 0 saturated carbocycles. The number of benzene rings is 1. The quantitative estimate of drug-likeness (QED) is 0.779. The van der Waals surface area contributed by atoms with Crippen LogP contribution in [0, 0.1) is 6.92 Å². The van der Waals surface area contributed by atoms with E-state index in [0.717, 1.165) is 42.5 Å². The van der Waals surface area contributed by atoms with Crippen LogP contribution in [0.15, 0.2) is 48.8 Å². The number of hydrogen-bond donors (Lipinski definition) is 1. The van der Waals surface area contributed by atoms with Gasteiger partial charge in [-0.05, 0) is 55.5 Å². The number of piperidine rings is 1. The highest BCUT2D eigenvalue weighted by Gasteiger charge is 2.26. The standard InChI is InChI=1S/C20H21N3O/c1-14-4-6-16(7-5-14)20(24)23-11-8-15(9-12-23)17-13-22-18-3-2-10-21-19(17)18/h2-7,10,13,15,22H,8-9,11-12H2,1H3. The fraction of sp³-hybridized carbons (Fsp3) is 0.300. The molecule has 0 aliphatic carbocycles. The Morgan fingerprint density at radius 1 is 1.17 bits per heavy atom. The molecule has 122 valence electrons. The molecule has 3 aromatic rings. The number of rotatable bonds is 2. The van der Waals surface area contributed by atoms with Crippen LogP contribution in [-0.4, -0.2) is 33.9 Å². The number of H-pyrrole nitrogens is 1. The van der Waals surface area contributed by atoms with Gasteiger partial charge in [-0.3, -0.25) is 9.78 Å². The monoisotopic (exact) mass is 319 g/mol. The van der Waals surface area contributed by atoms with Crippen molar-refractivity contribution in [2.75, 3.05) is 13.1 Å². The maximum atomic E-state index is 12.6. The molecule has 0 radical (unpaired) electrons. The van der Waals surface area contributed by atoms with Crippen LogP contribution in [0.4, 0.5) is 0 Å². The number of aromatic nitrogens is 2. The Hall–Kier alpha value is -2.62. The maximum Gasteiger partial charge on any atom is 0.253 e. The first kappa shape index (κ1) is 14.9. The molecule has 0 atom stereocenters. The van der Waals surface area contributed by atoms with Crippen molar-refractivity contribution in [3.8, 4) is 0 Å². The van der Waals surface area contributed by atoms with Gasteiger partial charge in [0, 0.05) is 31.0 Å². The second-order valence-corrected chi connectivity index (χ2v) is 6.58. The maximum absolute atomic E-state index is 12.6. The van der Waals surface area contributed by atoms with Crippen molar-refractivity contribution in [1.29, 1.82) is 0 Å². The number of pyridine rings is 1. The number of carbonyl (C=O) groups is 1. The molecule has 0 spiro atoms. The van der Waals surface area contributed by atoms with Crippen LogP contribution in [0.3, 0.4) is 0 Å². The van der Waals surface area contributed by atoms with Crippen molar-refractivity contribution in [3.05, 3.63) is 65.5 Å². The Balaban J connectivity index is 1.47. The molecular weight excluding hydrogens is 298 g/mol. The summed E-state index contributed by atoms with van der Waals surface area (Å²) in [6.45, 7) is 3.64. The summed E-state index contributed by atoms with van der Waals surface area (Å²) >= 11 is 0. The van der Waals surface area contributed by atoms with E-state index in [1.807, 2.05) is 48.4 Å². The van der Waals surface area contributed by atoms with Gasteiger partial charge >= 0.3 is 0 Å². The van der Waals surface area contributed by atoms with E-state index in [1.165, 1.54) is 11.1 Å². The van der Waals surface area contributed by atoms with Gasteiger partial charge in [-0.1, -0.05) is 17.7 Å². The van der Waals surface area contributed by atoms with Gasteiger partial charge in [0.1, 0.15) is 0 Å². The number of hydrogen-bond acceptors (Lipinski definition) is 2. The molecule has 4 heteroatoms. The molecule has 3 heterocycles. The molecule has 4 nitrogen and oxygen atoms in total. The summed E-state index contributed by atoms with van der Waals surface area (Å²) in [5.74, 6) is 0.612. The summed E-state index contributed by atoms with van der Waals surface area (Å²) in [7, 11) is 0. The Morgan fingerprint density at radius 2 is 1.92 bits per heavy atom. The van der Waals surface area contributed by atoms with Crippen LogP contribution < -0.4 is 0 Å². The molecule has 2 aromatic heterocycles. The predicted molar refractivity (Wildman–Crippen MR) is 95.2 cm³/mol. The number of aromatic amines is 1. The summed E-state index contributed by atoms with van der Waals surface area (Å²) in [6.07, 6.45) is 5.90. The summed E-state index contributed by atoms with van der Waals surface area (Å²) in [4.78, 5) is 22.4. The van der Waals surface area contributed by atoms with Crippen molar-refractivity contribution < 1.29 is 4.79 Å². The van der Waals surface area contributed by atoms with Crippen molar-refractivity contribution in [1.82, 2.24) is 14.9 Å². The van der Waals surface area contributed by atoms with E-state index in [1.54, 1.807) is 0 Å². The lowest BCUT2D eigenvalue weighted by Crippen LogP contribution is -2.37. The van der Waals surface area contributed by atoms with Crippen LogP contribution in [0.1, 0.15) is 40.2 Å². The summed E-state index contributed by atoms with van der Waals surface area (Å²) in [5, 5.41) is 0. The van der Waals surface area contributed by atoms with Gasteiger partial charge in [0.05, 0.1) is 11.0 Å². The second kappa shape index (κ2) is 6.11. The van der Waals surface area contributed by atoms with E-state index >= 15 is 0 Å². The van der Waals surface area contributed by atoms with Gasteiger partial charge in [-0.2, -0.15) is 0 Å². The van der Waals surface area contributed by atoms with Crippen LogP contribution in [0.25, 0.3) is 11.0 Å². The van der Waals surface area contributed by atoms with E-state index < -0.39 is 0 Å². The van der Waals surface area contributed by atoms with E-state index in [9.17, 15) is 4.79 Å². The molecule has 4 rings (SSSR count). The minimum Gasteiger partial charge on any atom is -0.360 e. The first-order valence-electron chi connectivity index (χ1n) is 8.50. The van der Waals surface area contributed by atoms with Gasteiger partial charge in [-0.15, -0.1) is 0 Å². The second-order valence-electron chi connectivity index (χ2n) is 6.58. The number of carbonyl (C=O) groups excluding carboxylic acids is 1. The molecule has 24 heavy (non-hydrogen) atoms. The number of aryl methyl sites for hydroxylation is 1. The van der Waals surface area contributed by atoms with Crippen molar-refractivity contribution in [3.63, 3.8) is 0 Å². The molecule has 1 aromatic carbocycles. The molecule has 0 unspecified atom stereocenters. The van der Waals surface area contributed by atoms with Gasteiger partial charge in [0.25, 0.3) is 5.91 Å². The Morgan fingerprint density at radius 3 is 2.67 bits per heavy atom. The molecule has 1 aliphatic rings. The van der Waals surface area contributed by atoms with Crippen molar-refractivity contribution in [2.45, 2.75) is 25.7 Å². The number of nitrogens with zero attached hydrogens (tertiary/aromatic N) is 2. The minimum atomic E-state index is 0.144. The zero-order valence-electron chi connectivity index (χ0n) is 13.8. The lowest BCUT2D eigenvalue weighted by Gasteiger charge is -2.32. The first-order valence-corrected chi connectivity index (χ1v) is 8.50. The molecule has 1 saturated heterocycles. The molecule has 1 aliphatic heterocycles. The van der Waals surface area contributed by atoms with Gasteiger partial charge in [0.15, 0.2) is 0 Å². The number of nitrogens with one attached hydrogen (secondary N) is 1. The van der Waals surface area contributed by atoms with Crippen LogP contribution in [0.2, 0.25) is 0 Å². The molecule has 1 N–H and O–H groups in total. The van der Waals surface area contributed by atoms with Gasteiger partial charge < -0.3 is 9.88 Å². The summed E-state index contributed by atoms with van der Waals surface area (Å²) in [6, 6.07) is 11.9. The lowest BCUT2D eigenvalue weighted by atomic mass is 9.90. The molecule has 1 fully saturated rings. The van der Waals surface area contributed by atoms with Crippen molar-refractivity contribution in [2.24, 2.45) is 0 Å². The zero-order chi connectivity index (χ0) is 16.5. The molecule has 0 bridgehead atoms. The normalized spacial score (nSPS) is 15.8. The largest absolute Gasteiger partial charge is 0.360 e. The van der Waals surface area contributed by atoms with Gasteiger partial charge in [0.2, 0.25) is 0 Å². The topological polar surface area (TPSA) is 49.0 Å². The van der Waals surface area contributed by atoms with E-state index in [0.29, 0.717) is 5.92 Å². The predicted octanol–water partition coefficient (Wildman–Crippen LogP) is 3.89. The van der Waals surface area contributed by atoms with Crippen LogP contribution in [0.5, 0.6) is 0 Å². The summed E-state index contributed by atoms with van der Waals surface area (Å²) < 4.78 is 0. The Bertz CT molecular complexity index is 858. The Labute approximate surface area is 141 Å². The fourth-order valence-corrected chi connectivity index (χ4v) is 3.56. The van der Waals surface area contributed by atoms with Crippen molar-refractivity contribution >= 4 is 16.9 Å². The fourth-order valence-electron chi connectivity index (χ4n) is 3.56. The smallest absolute Gasteiger partial charge is 0.253 e. The first-order chi connectivity index (χ1) is 11.7. The summed E-state index contributed by atoms with van der Waals surface area (Å²) in [5.41, 5.74) is 5.41. The van der Waals surface area contributed by atoms with Crippen LogP contribution in [-0.2, 0) is 0 Å². The zero-order valence-corrected chi connectivity index (χ0v) is 13.8.